The topological polar surface area (TPSA) is 383 Å². The summed E-state index contributed by atoms with van der Waals surface area (Å²) in [5, 5.41) is 18.3. The van der Waals surface area contributed by atoms with E-state index in [2.05, 4.69) is 124 Å². The maximum absolute atomic E-state index is 13.1. The molecule has 4 aliphatic heterocycles. The molecule has 129 heavy (non-hydrogen) atoms. The number of carbonyl (C=O) groups is 8. The number of phenolic OH excluding ortho intramolecular Hbond substituents is 1. The van der Waals surface area contributed by atoms with Crippen LogP contribution in [-0.4, -0.2) is 185 Å². The fourth-order valence-corrected chi connectivity index (χ4v) is 16.8. The number of hydrogen-bond donors (Lipinski definition) is 3. The normalized spacial score (nSPS) is 18.5. The van der Waals surface area contributed by atoms with E-state index in [0.29, 0.717) is 40.4 Å². The van der Waals surface area contributed by atoms with Gasteiger partial charge in [0.1, 0.15) is 90.7 Å². The molecule has 3 N–H and O–H groups in total. The van der Waals surface area contributed by atoms with Crippen LogP contribution in [0, 0.1) is 30.6 Å². The zero-order chi connectivity index (χ0) is 89.7. The number of nitrogens with one attached hydrogen (secondary N) is 2. The van der Waals surface area contributed by atoms with E-state index in [1.54, 1.807) is 49.6 Å². The third-order valence-electron chi connectivity index (χ3n) is 22.9. The SMILES string of the molecule is CC(COc1ccc2c(c1)C(=O)N(C1CCC(=O)NC1=O)C2=O)OCC#Cc1ccc(OC2CC(Oc3ccc(-c4ccc5c6cnccc6n(C)c5c4)cn3)C2)cn1.Cc1ccc(S(=O)(=O)OCC(C)OCC#Cc2ccc(OC3CC(Oc4ccc(-c5ccc6c7cnccc7n(C)c6c5)cn4)C3)cn2)cc1.O=C1CCC(N2C(=O)c3ccc(O)cc3C2=O)C(=O)N1. The monoisotopic (exact) mass is 1750 g/mol. The molecule has 0 radical (unpaired) electrons. The van der Waals surface area contributed by atoms with E-state index in [0.717, 1.165) is 96.1 Å². The number of aromatic nitrogens is 8. The molecule has 652 valence electrons. The molecule has 13 aromatic rings. The van der Waals surface area contributed by atoms with Crippen LogP contribution in [0.3, 0.4) is 0 Å². The Balaban J connectivity index is 0.000000150. The van der Waals surface area contributed by atoms with Crippen LogP contribution in [0.1, 0.15) is 124 Å². The lowest BCUT2D eigenvalue weighted by atomic mass is 9.92. The lowest BCUT2D eigenvalue weighted by Crippen LogP contribution is -2.54. The zero-order valence-electron chi connectivity index (χ0n) is 70.4. The Hall–Kier alpha value is -15.1. The van der Waals surface area contributed by atoms with Crippen molar-refractivity contribution in [1.82, 2.24) is 59.5 Å². The summed E-state index contributed by atoms with van der Waals surface area (Å²) in [4.78, 5) is 126. The van der Waals surface area contributed by atoms with Gasteiger partial charge in [-0.25, -0.2) is 19.9 Å². The van der Waals surface area contributed by atoms with Gasteiger partial charge in [0.05, 0.1) is 69.4 Å². The number of fused-ring (bicyclic) bond motifs is 8. The van der Waals surface area contributed by atoms with Crippen molar-refractivity contribution in [2.75, 3.05) is 26.4 Å². The Bertz CT molecular complexity index is 6830. The van der Waals surface area contributed by atoms with Crippen molar-refractivity contribution in [3.63, 3.8) is 0 Å². The molecule has 0 spiro atoms. The number of ether oxygens (including phenoxy) is 7. The highest BCUT2D eigenvalue weighted by Crippen LogP contribution is 2.38. The van der Waals surface area contributed by atoms with Crippen molar-refractivity contribution in [2.24, 2.45) is 14.1 Å². The van der Waals surface area contributed by atoms with Crippen LogP contribution in [0.4, 0.5) is 0 Å². The van der Waals surface area contributed by atoms with Gasteiger partial charge in [0.15, 0.2) is 0 Å². The Morgan fingerprint density at radius 3 is 1.36 bits per heavy atom. The number of pyridine rings is 6. The number of phenols is 1. The average Bonchev–Trinajstić information content (AvgIpc) is 1.62. The summed E-state index contributed by atoms with van der Waals surface area (Å²) in [5.41, 5.74) is 11.5. The summed E-state index contributed by atoms with van der Waals surface area (Å²) in [6, 6.07) is 45.0. The van der Waals surface area contributed by atoms with Gasteiger partial charge in [0, 0.05) is 146 Å². The maximum atomic E-state index is 13.1. The van der Waals surface area contributed by atoms with Crippen LogP contribution in [0.2, 0.25) is 0 Å². The summed E-state index contributed by atoms with van der Waals surface area (Å²) < 4.78 is 75.7. The number of rotatable bonds is 23. The lowest BCUT2D eigenvalue weighted by Gasteiger charge is -2.34. The highest BCUT2D eigenvalue weighted by Gasteiger charge is 2.47. The molecule has 8 amide bonds. The second-order valence-electron chi connectivity index (χ2n) is 31.8. The highest BCUT2D eigenvalue weighted by molar-refractivity contribution is 7.86. The number of aryl methyl sites for hydroxylation is 3. The van der Waals surface area contributed by atoms with Gasteiger partial charge in [0.2, 0.25) is 35.4 Å². The number of benzene rings is 5. The zero-order valence-corrected chi connectivity index (χ0v) is 71.2. The molecule has 19 rings (SSSR count). The van der Waals surface area contributed by atoms with E-state index in [9.17, 15) is 51.9 Å². The van der Waals surface area contributed by atoms with Gasteiger partial charge in [-0.05, 0) is 166 Å². The molecule has 32 heteroatoms. The Kier molecular flexibility index (Phi) is 24.8. The summed E-state index contributed by atoms with van der Waals surface area (Å²) in [6.45, 7) is 5.75. The number of nitrogens with zero attached hydrogens (tertiary/aromatic N) is 10. The predicted octanol–water partition coefficient (Wildman–Crippen LogP) is 11.8. The molecule has 6 aliphatic rings. The summed E-state index contributed by atoms with van der Waals surface area (Å²) in [5.74, 6) is 10.0. The minimum Gasteiger partial charge on any atom is -0.508 e. The third-order valence-corrected chi connectivity index (χ3v) is 24.2. The molecule has 5 aromatic carbocycles. The predicted molar refractivity (Wildman–Crippen MR) is 470 cm³/mol. The molecule has 2 saturated heterocycles. The lowest BCUT2D eigenvalue weighted by molar-refractivity contribution is -0.137. The Morgan fingerprint density at radius 2 is 0.899 bits per heavy atom. The van der Waals surface area contributed by atoms with E-state index in [1.807, 2.05) is 99.6 Å². The van der Waals surface area contributed by atoms with E-state index in [1.165, 1.54) is 53.2 Å². The number of amides is 8. The first-order valence-electron chi connectivity index (χ1n) is 41.7. The summed E-state index contributed by atoms with van der Waals surface area (Å²) in [7, 11) is 0.304. The summed E-state index contributed by atoms with van der Waals surface area (Å²) >= 11 is 0. The van der Waals surface area contributed by atoms with Crippen molar-refractivity contribution in [2.45, 2.75) is 126 Å². The molecule has 8 aromatic heterocycles. The van der Waals surface area contributed by atoms with E-state index >= 15 is 0 Å². The van der Waals surface area contributed by atoms with E-state index < -0.39 is 75.6 Å². The molecule has 4 unspecified atom stereocenters. The van der Waals surface area contributed by atoms with Crippen molar-refractivity contribution in [3.05, 3.63) is 247 Å². The third kappa shape index (κ3) is 19.1. The first-order valence-corrected chi connectivity index (χ1v) is 43.2. The van der Waals surface area contributed by atoms with Crippen molar-refractivity contribution >= 4 is 101 Å². The van der Waals surface area contributed by atoms with Crippen molar-refractivity contribution in [3.8, 4) is 80.7 Å². The molecular weight excluding hydrogens is 1670 g/mol. The highest BCUT2D eigenvalue weighted by atomic mass is 32.2. The number of hydrogen-bond acceptors (Lipinski definition) is 25. The largest absolute Gasteiger partial charge is 0.508 e. The number of piperidine rings is 2. The number of imide groups is 4. The second-order valence-corrected chi connectivity index (χ2v) is 33.5. The maximum Gasteiger partial charge on any atom is 0.297 e. The smallest absolute Gasteiger partial charge is 0.297 e. The van der Waals surface area contributed by atoms with Gasteiger partial charge < -0.3 is 47.4 Å². The standard InChI is InChI=1S/C45H38N6O8.C39H36N4O6S.C13H10N2O5/c1-26(25-57-30-9-11-35-36(21-30)45(55)51(44(35)54)39-12-13-41(52)49-43(39)53)56-17-3-4-29-7-8-31(23-47-29)58-32-19-33(20-32)59-42-14-6-28(22-48-42)27-5-10-34-37-24-46-16-15-38(37)50(2)40(34)18-27;1-26-6-12-34(13-7-26)50(44,45)47-25-27(2)46-18-4-5-30-10-11-31(23-41-30)48-32-20-33(21-32)49-39-15-9-29(22-42-39)28-8-14-35-36-24-40-17-16-37(36)43(3)38(35)19-28;16-6-1-2-7-8(5-6)13(20)15(12(7)19)9-3-4-10(17)14-11(9)18/h5-11,14-16,18,21-24,26,32-33,39H,12-13,17,19-20,25H2,1-2H3,(H,49,52,53);6-17,19,22-24,27,32-33H,18,20-21,25H2,1-3H3;1-2,5,9,16H,3-4H2,(H,14,17,18). The quantitative estimate of drug-likeness (QED) is 0.0304. The van der Waals surface area contributed by atoms with Gasteiger partial charge in [-0.1, -0.05) is 53.8 Å². The molecule has 4 fully saturated rings. The van der Waals surface area contributed by atoms with Crippen LogP contribution in [-0.2, 0) is 57.0 Å². The van der Waals surface area contributed by atoms with Crippen LogP contribution >= 0.6 is 0 Å². The fraction of sp³-hybridized carbons (Fsp3) is 0.258. The Labute approximate surface area is 739 Å². The molecule has 2 saturated carbocycles. The fourth-order valence-electron chi connectivity index (χ4n) is 15.8. The van der Waals surface area contributed by atoms with Gasteiger partial charge in [-0.2, -0.15) is 8.42 Å². The van der Waals surface area contributed by atoms with E-state index in [4.69, 9.17) is 37.3 Å². The molecule has 0 bridgehead atoms. The summed E-state index contributed by atoms with van der Waals surface area (Å²) in [6.07, 6.45) is 17.1. The molecule has 4 atom stereocenters. The van der Waals surface area contributed by atoms with Gasteiger partial charge in [0.25, 0.3) is 33.7 Å². The van der Waals surface area contributed by atoms with E-state index in [-0.39, 0.29) is 116 Å². The first-order chi connectivity index (χ1) is 62.4. The second kappa shape index (κ2) is 37.2. The minimum atomic E-state index is -3.84. The molecule has 31 nitrogen and oxygen atoms in total. The molecular formula is C97H84N12O19S. The van der Waals surface area contributed by atoms with Crippen molar-refractivity contribution < 1.29 is 89.2 Å². The Morgan fingerprint density at radius 1 is 0.450 bits per heavy atom. The van der Waals surface area contributed by atoms with Crippen LogP contribution in [0.25, 0.3) is 65.9 Å². The first kappa shape index (κ1) is 86.0. The molecule has 12 heterocycles. The van der Waals surface area contributed by atoms with Crippen molar-refractivity contribution in [1.29, 1.82) is 0 Å². The number of carbonyl (C=O) groups excluding carboxylic acids is 8. The van der Waals surface area contributed by atoms with Crippen LogP contribution < -0.4 is 34.3 Å². The van der Waals surface area contributed by atoms with Crippen LogP contribution in [0.5, 0.6) is 34.8 Å². The van der Waals surface area contributed by atoms with Gasteiger partial charge >= 0.3 is 0 Å². The van der Waals surface area contributed by atoms with Gasteiger partial charge in [-0.3, -0.25) is 72.9 Å². The molecule has 2 aliphatic carbocycles. The minimum absolute atomic E-state index is 0.0187. The number of aromatic hydroxyl groups is 1. The van der Waals surface area contributed by atoms with Gasteiger partial charge in [-0.15, -0.1) is 0 Å². The van der Waals surface area contributed by atoms with Crippen LogP contribution in [0.15, 0.2) is 212 Å². The average molecular weight is 1750 g/mol.